The lowest BCUT2D eigenvalue weighted by molar-refractivity contribution is -0.137. The number of hydrogen-bond donors (Lipinski definition) is 1. The SMILES string of the molecule is Cc1cc(C(=O)N(CCC(=O)O)Cc2cccc(Br)c2)n(C)n1. The van der Waals surface area contributed by atoms with Crippen molar-refractivity contribution in [3.63, 3.8) is 0 Å². The van der Waals surface area contributed by atoms with Crippen molar-refractivity contribution in [1.29, 1.82) is 0 Å². The van der Waals surface area contributed by atoms with Crippen LogP contribution >= 0.6 is 15.9 Å². The molecule has 0 aliphatic carbocycles. The van der Waals surface area contributed by atoms with Crippen molar-refractivity contribution >= 4 is 27.8 Å². The number of aliphatic carboxylic acids is 1. The second-order valence-corrected chi connectivity index (χ2v) is 6.21. The third-order valence-corrected chi connectivity index (χ3v) is 3.86. The van der Waals surface area contributed by atoms with E-state index in [4.69, 9.17) is 5.11 Å². The van der Waals surface area contributed by atoms with E-state index in [9.17, 15) is 9.59 Å². The number of hydrogen-bond acceptors (Lipinski definition) is 3. The molecule has 0 atom stereocenters. The summed E-state index contributed by atoms with van der Waals surface area (Å²) in [6.07, 6.45) is -0.101. The molecule has 1 N–H and O–H groups in total. The molecule has 2 aromatic rings. The molecule has 2 rings (SSSR count). The Bertz CT molecular complexity index is 727. The summed E-state index contributed by atoms with van der Waals surface area (Å²) in [5.41, 5.74) is 2.12. The van der Waals surface area contributed by atoms with Crippen LogP contribution in [0.2, 0.25) is 0 Å². The lowest BCUT2D eigenvalue weighted by Gasteiger charge is -2.22. The first-order chi connectivity index (χ1) is 10.9. The third-order valence-electron chi connectivity index (χ3n) is 3.37. The fourth-order valence-electron chi connectivity index (χ4n) is 2.31. The van der Waals surface area contributed by atoms with Crippen molar-refractivity contribution < 1.29 is 14.7 Å². The summed E-state index contributed by atoms with van der Waals surface area (Å²) in [7, 11) is 1.70. The van der Waals surface area contributed by atoms with Crippen LogP contribution in [0.15, 0.2) is 34.8 Å². The first kappa shape index (κ1) is 17.2. The summed E-state index contributed by atoms with van der Waals surface area (Å²) in [4.78, 5) is 25.2. The van der Waals surface area contributed by atoms with Crippen LogP contribution in [-0.2, 0) is 18.4 Å². The highest BCUT2D eigenvalue weighted by molar-refractivity contribution is 9.10. The summed E-state index contributed by atoms with van der Waals surface area (Å²) in [5, 5.41) is 13.1. The molecule has 0 fully saturated rings. The summed E-state index contributed by atoms with van der Waals surface area (Å²) in [6, 6.07) is 9.30. The maximum absolute atomic E-state index is 12.7. The van der Waals surface area contributed by atoms with Crippen molar-refractivity contribution in [3.8, 4) is 0 Å². The van der Waals surface area contributed by atoms with E-state index in [-0.39, 0.29) is 18.9 Å². The Morgan fingerprint density at radius 3 is 2.65 bits per heavy atom. The van der Waals surface area contributed by atoms with Gasteiger partial charge in [0.2, 0.25) is 0 Å². The zero-order valence-corrected chi connectivity index (χ0v) is 14.6. The van der Waals surface area contributed by atoms with Gasteiger partial charge in [-0.15, -0.1) is 0 Å². The highest BCUT2D eigenvalue weighted by Crippen LogP contribution is 2.16. The number of aromatic nitrogens is 2. The van der Waals surface area contributed by atoms with Gasteiger partial charge >= 0.3 is 5.97 Å². The van der Waals surface area contributed by atoms with Crippen molar-refractivity contribution in [3.05, 3.63) is 51.8 Å². The minimum Gasteiger partial charge on any atom is -0.481 e. The maximum Gasteiger partial charge on any atom is 0.305 e. The van der Waals surface area contributed by atoms with Crippen molar-refractivity contribution in [2.45, 2.75) is 19.9 Å². The van der Waals surface area contributed by atoms with E-state index in [1.807, 2.05) is 31.2 Å². The summed E-state index contributed by atoms with van der Waals surface area (Å²) in [5.74, 6) is -1.16. The van der Waals surface area contributed by atoms with E-state index in [0.717, 1.165) is 15.7 Å². The number of nitrogens with zero attached hydrogens (tertiary/aromatic N) is 3. The topological polar surface area (TPSA) is 75.4 Å². The number of amides is 1. The van der Waals surface area contributed by atoms with Crippen LogP contribution in [0.5, 0.6) is 0 Å². The lowest BCUT2D eigenvalue weighted by atomic mass is 10.2. The molecule has 6 nitrogen and oxygen atoms in total. The van der Waals surface area contributed by atoms with E-state index >= 15 is 0 Å². The molecule has 0 aliphatic heterocycles. The lowest BCUT2D eigenvalue weighted by Crippen LogP contribution is -2.33. The fraction of sp³-hybridized carbons (Fsp3) is 0.312. The highest BCUT2D eigenvalue weighted by Gasteiger charge is 2.20. The van der Waals surface area contributed by atoms with E-state index < -0.39 is 5.97 Å². The fourth-order valence-corrected chi connectivity index (χ4v) is 2.76. The minimum atomic E-state index is -0.932. The molecule has 0 saturated heterocycles. The number of aryl methyl sites for hydroxylation is 2. The van der Waals surface area contributed by atoms with E-state index in [1.54, 1.807) is 13.1 Å². The predicted octanol–water partition coefficient (Wildman–Crippen LogP) is 2.61. The number of carboxylic acid groups (broad SMARTS) is 1. The second-order valence-electron chi connectivity index (χ2n) is 5.29. The Balaban J connectivity index is 2.24. The van der Waals surface area contributed by atoms with Crippen LogP contribution in [0.1, 0.15) is 28.2 Å². The molecular formula is C16H18BrN3O3. The smallest absolute Gasteiger partial charge is 0.305 e. The van der Waals surface area contributed by atoms with Crippen LogP contribution in [-0.4, -0.2) is 38.2 Å². The number of benzene rings is 1. The van der Waals surface area contributed by atoms with Crippen LogP contribution in [0.4, 0.5) is 0 Å². The van der Waals surface area contributed by atoms with Crippen LogP contribution in [0.3, 0.4) is 0 Å². The Kier molecular flexibility index (Phi) is 5.54. The van der Waals surface area contributed by atoms with Gasteiger partial charge in [0, 0.05) is 24.6 Å². The Morgan fingerprint density at radius 1 is 1.35 bits per heavy atom. The van der Waals surface area contributed by atoms with E-state index in [2.05, 4.69) is 21.0 Å². The molecule has 0 radical (unpaired) electrons. The highest BCUT2D eigenvalue weighted by atomic mass is 79.9. The molecule has 0 aliphatic rings. The zero-order valence-electron chi connectivity index (χ0n) is 13.0. The van der Waals surface area contributed by atoms with Gasteiger partial charge < -0.3 is 10.0 Å². The molecule has 0 unspecified atom stereocenters. The van der Waals surface area contributed by atoms with Gasteiger partial charge in [-0.3, -0.25) is 14.3 Å². The van der Waals surface area contributed by atoms with Crippen molar-refractivity contribution in [1.82, 2.24) is 14.7 Å². The van der Waals surface area contributed by atoms with Crippen LogP contribution in [0, 0.1) is 6.92 Å². The molecule has 1 aromatic carbocycles. The Hall–Kier alpha value is -2.15. The third kappa shape index (κ3) is 4.66. The molecule has 7 heteroatoms. The summed E-state index contributed by atoms with van der Waals surface area (Å²) in [6.45, 7) is 2.30. The number of carboxylic acids is 1. The van der Waals surface area contributed by atoms with Gasteiger partial charge in [0.25, 0.3) is 5.91 Å². The summed E-state index contributed by atoms with van der Waals surface area (Å²) >= 11 is 3.40. The zero-order chi connectivity index (χ0) is 17.0. The molecule has 0 spiro atoms. The molecule has 0 saturated carbocycles. The van der Waals surface area contributed by atoms with Crippen LogP contribution < -0.4 is 0 Å². The Morgan fingerprint density at radius 2 is 2.09 bits per heavy atom. The van der Waals surface area contributed by atoms with Crippen molar-refractivity contribution in [2.24, 2.45) is 7.05 Å². The average Bonchev–Trinajstić information content (AvgIpc) is 2.81. The molecule has 1 heterocycles. The van der Waals surface area contributed by atoms with Gasteiger partial charge in [-0.25, -0.2) is 0 Å². The van der Waals surface area contributed by atoms with Gasteiger partial charge in [0.15, 0.2) is 0 Å². The molecule has 122 valence electrons. The first-order valence-electron chi connectivity index (χ1n) is 7.13. The van der Waals surface area contributed by atoms with Gasteiger partial charge in [0.05, 0.1) is 12.1 Å². The molecule has 23 heavy (non-hydrogen) atoms. The minimum absolute atomic E-state index is 0.101. The normalized spacial score (nSPS) is 10.6. The molecule has 0 bridgehead atoms. The first-order valence-corrected chi connectivity index (χ1v) is 7.92. The molecule has 1 amide bonds. The quantitative estimate of drug-likeness (QED) is 0.836. The predicted molar refractivity (Wildman–Crippen MR) is 89.1 cm³/mol. The monoisotopic (exact) mass is 379 g/mol. The molecular weight excluding hydrogens is 362 g/mol. The van der Waals surface area contributed by atoms with Gasteiger partial charge in [0.1, 0.15) is 5.69 Å². The number of carbonyl (C=O) groups is 2. The summed E-state index contributed by atoms with van der Waals surface area (Å²) < 4.78 is 2.43. The van der Waals surface area contributed by atoms with E-state index in [0.29, 0.717) is 12.2 Å². The van der Waals surface area contributed by atoms with Gasteiger partial charge in [-0.1, -0.05) is 28.1 Å². The molecule has 1 aromatic heterocycles. The van der Waals surface area contributed by atoms with Crippen molar-refractivity contribution in [2.75, 3.05) is 6.54 Å². The average molecular weight is 380 g/mol. The Labute approximate surface area is 142 Å². The van der Waals surface area contributed by atoms with Crippen LogP contribution in [0.25, 0.3) is 0 Å². The second kappa shape index (κ2) is 7.41. The maximum atomic E-state index is 12.7. The largest absolute Gasteiger partial charge is 0.481 e. The van der Waals surface area contributed by atoms with Gasteiger partial charge in [-0.2, -0.15) is 5.10 Å². The van der Waals surface area contributed by atoms with Gasteiger partial charge in [-0.05, 0) is 30.7 Å². The van der Waals surface area contributed by atoms with E-state index in [1.165, 1.54) is 9.58 Å². The standard InChI is InChI=1S/C16H18BrN3O3/c1-11-8-14(19(2)18-11)16(23)20(7-6-15(21)22)10-12-4-3-5-13(17)9-12/h3-5,8-9H,6-7,10H2,1-2H3,(H,21,22). The number of rotatable bonds is 6. The number of carbonyl (C=O) groups excluding carboxylic acids is 1. The number of halogens is 1.